The summed E-state index contributed by atoms with van der Waals surface area (Å²) >= 11 is 0. The number of carbonyl (C=O) groups is 1. The number of benzene rings is 2. The molecule has 2 amide bonds. The summed E-state index contributed by atoms with van der Waals surface area (Å²) in [5.41, 5.74) is 0.881. The monoisotopic (exact) mass is 457 g/mol. The van der Waals surface area contributed by atoms with Crippen molar-refractivity contribution in [2.24, 2.45) is 0 Å². The predicted molar refractivity (Wildman–Crippen MR) is 117 cm³/mol. The molecule has 2 heterocycles. The van der Waals surface area contributed by atoms with Crippen molar-refractivity contribution >= 4 is 16.1 Å². The Morgan fingerprint density at radius 1 is 0.938 bits per heavy atom. The predicted octanol–water partition coefficient (Wildman–Crippen LogP) is 3.61. The first-order valence-electron chi connectivity index (χ1n) is 10.3. The number of furan rings is 1. The summed E-state index contributed by atoms with van der Waals surface area (Å²) in [5.74, 6) is 0.118. The molecule has 1 aliphatic heterocycles. The molecule has 9 heteroatoms. The van der Waals surface area contributed by atoms with Gasteiger partial charge in [-0.15, -0.1) is 0 Å². The van der Waals surface area contributed by atoms with E-state index in [1.165, 1.54) is 16.4 Å². The fourth-order valence-corrected chi connectivity index (χ4v) is 5.20. The Bertz CT molecular complexity index is 1140. The lowest BCUT2D eigenvalue weighted by Crippen LogP contribution is -2.44. The van der Waals surface area contributed by atoms with Crippen LogP contribution >= 0.6 is 0 Å². The molecular formula is C23H24FN3O4S. The van der Waals surface area contributed by atoms with Gasteiger partial charge in [-0.3, -0.25) is 0 Å². The number of halogens is 1. The zero-order valence-corrected chi connectivity index (χ0v) is 18.2. The summed E-state index contributed by atoms with van der Waals surface area (Å²) < 4.78 is 45.9. The van der Waals surface area contributed by atoms with E-state index in [0.717, 1.165) is 17.7 Å². The Balaban J connectivity index is 1.46. The van der Waals surface area contributed by atoms with Gasteiger partial charge in [0, 0.05) is 26.2 Å². The Hall–Kier alpha value is -3.17. The van der Waals surface area contributed by atoms with E-state index >= 15 is 0 Å². The molecular weight excluding hydrogens is 433 g/mol. The Morgan fingerprint density at radius 3 is 2.38 bits per heavy atom. The summed E-state index contributed by atoms with van der Waals surface area (Å²) in [7, 11) is -3.76. The summed E-state index contributed by atoms with van der Waals surface area (Å²) in [4.78, 5) is 14.7. The third-order valence-corrected chi connectivity index (χ3v) is 7.33. The molecule has 1 aromatic heterocycles. The van der Waals surface area contributed by atoms with E-state index in [2.05, 4.69) is 5.32 Å². The number of sulfonamides is 1. The van der Waals surface area contributed by atoms with Crippen LogP contribution in [0.3, 0.4) is 0 Å². The lowest BCUT2D eigenvalue weighted by Gasteiger charge is -2.25. The number of hydrogen-bond acceptors (Lipinski definition) is 4. The topological polar surface area (TPSA) is 82.9 Å². The summed E-state index contributed by atoms with van der Waals surface area (Å²) in [5, 5.41) is 3.01. The molecule has 7 nitrogen and oxygen atoms in total. The van der Waals surface area contributed by atoms with Crippen molar-refractivity contribution in [2.75, 3.05) is 26.2 Å². The van der Waals surface area contributed by atoms with Crippen molar-refractivity contribution in [3.8, 4) is 0 Å². The molecule has 168 valence electrons. The fraction of sp³-hybridized carbons (Fsp3) is 0.261. The van der Waals surface area contributed by atoms with Gasteiger partial charge in [-0.1, -0.05) is 30.3 Å². The molecule has 0 bridgehead atoms. The van der Waals surface area contributed by atoms with Crippen LogP contribution in [0.25, 0.3) is 0 Å². The van der Waals surface area contributed by atoms with Gasteiger partial charge in [0.15, 0.2) is 0 Å². The van der Waals surface area contributed by atoms with Gasteiger partial charge < -0.3 is 14.6 Å². The molecule has 1 N–H and O–H groups in total. The molecule has 32 heavy (non-hydrogen) atoms. The van der Waals surface area contributed by atoms with Crippen LogP contribution in [0.5, 0.6) is 0 Å². The molecule has 1 unspecified atom stereocenters. The van der Waals surface area contributed by atoms with E-state index in [9.17, 15) is 17.6 Å². The third kappa shape index (κ3) is 4.84. The molecule has 0 spiro atoms. The number of hydrogen-bond donors (Lipinski definition) is 1. The quantitative estimate of drug-likeness (QED) is 0.635. The van der Waals surface area contributed by atoms with Crippen LogP contribution in [0.2, 0.25) is 0 Å². The highest BCUT2D eigenvalue weighted by molar-refractivity contribution is 7.89. The molecule has 4 rings (SSSR count). The van der Waals surface area contributed by atoms with Crippen LogP contribution < -0.4 is 5.32 Å². The van der Waals surface area contributed by atoms with Crippen molar-refractivity contribution in [1.82, 2.24) is 14.5 Å². The lowest BCUT2D eigenvalue weighted by atomic mass is 10.0. The first-order chi connectivity index (χ1) is 15.4. The highest BCUT2D eigenvalue weighted by Gasteiger charge is 2.29. The summed E-state index contributed by atoms with van der Waals surface area (Å²) in [6, 6.07) is 17.1. The van der Waals surface area contributed by atoms with E-state index in [1.807, 2.05) is 30.3 Å². The van der Waals surface area contributed by atoms with Gasteiger partial charge in [0.2, 0.25) is 10.0 Å². The fourth-order valence-electron chi connectivity index (χ4n) is 3.73. The van der Waals surface area contributed by atoms with E-state index in [0.29, 0.717) is 18.7 Å². The van der Waals surface area contributed by atoms with Crippen LogP contribution in [0.4, 0.5) is 9.18 Å². The van der Waals surface area contributed by atoms with E-state index < -0.39 is 21.9 Å². The first kappa shape index (κ1) is 22.0. The second-order valence-corrected chi connectivity index (χ2v) is 9.45. The van der Waals surface area contributed by atoms with Crippen LogP contribution in [-0.4, -0.2) is 49.8 Å². The van der Waals surface area contributed by atoms with Gasteiger partial charge in [0.25, 0.3) is 0 Å². The number of rotatable bonds is 5. The summed E-state index contributed by atoms with van der Waals surface area (Å²) in [6.07, 6.45) is 2.05. The van der Waals surface area contributed by atoms with E-state index in [4.69, 9.17) is 4.42 Å². The number of nitrogens with one attached hydrogen (secondary N) is 1. The molecule has 1 saturated heterocycles. The van der Waals surface area contributed by atoms with Gasteiger partial charge in [0.1, 0.15) is 17.6 Å². The number of amides is 2. The zero-order valence-electron chi connectivity index (χ0n) is 17.4. The minimum absolute atomic E-state index is 0.0405. The van der Waals surface area contributed by atoms with Crippen molar-refractivity contribution in [3.63, 3.8) is 0 Å². The van der Waals surface area contributed by atoms with Crippen LogP contribution in [-0.2, 0) is 10.0 Å². The lowest BCUT2D eigenvalue weighted by molar-refractivity contribution is 0.196. The Labute approximate surface area is 186 Å². The maximum Gasteiger partial charge on any atom is 0.318 e. The van der Waals surface area contributed by atoms with Crippen LogP contribution in [0.15, 0.2) is 82.3 Å². The molecule has 0 radical (unpaired) electrons. The number of nitrogens with zero attached hydrogens (tertiary/aromatic N) is 2. The number of urea groups is 1. The highest BCUT2D eigenvalue weighted by Crippen LogP contribution is 2.23. The molecule has 3 aromatic rings. The van der Waals surface area contributed by atoms with Gasteiger partial charge in [-0.05, 0) is 48.4 Å². The van der Waals surface area contributed by atoms with Gasteiger partial charge in [-0.2, -0.15) is 4.31 Å². The normalized spacial score (nSPS) is 16.3. The van der Waals surface area contributed by atoms with Gasteiger partial charge in [-0.25, -0.2) is 17.6 Å². The number of carbonyl (C=O) groups excluding carboxylic acids is 1. The van der Waals surface area contributed by atoms with Crippen molar-refractivity contribution < 1.29 is 22.0 Å². The van der Waals surface area contributed by atoms with Gasteiger partial charge in [0.05, 0.1) is 11.2 Å². The second kappa shape index (κ2) is 9.54. The third-order valence-electron chi connectivity index (χ3n) is 5.42. The molecule has 1 fully saturated rings. The zero-order chi connectivity index (χ0) is 22.6. The maximum atomic E-state index is 13.2. The maximum absolute atomic E-state index is 13.2. The molecule has 1 aliphatic rings. The van der Waals surface area contributed by atoms with E-state index in [-0.39, 0.29) is 30.6 Å². The Kier molecular flexibility index (Phi) is 6.57. The van der Waals surface area contributed by atoms with Crippen LogP contribution in [0.1, 0.15) is 23.8 Å². The average Bonchev–Trinajstić information content (AvgIpc) is 3.21. The Morgan fingerprint density at radius 2 is 1.69 bits per heavy atom. The smallest absolute Gasteiger partial charge is 0.318 e. The van der Waals surface area contributed by atoms with Crippen molar-refractivity contribution in [3.05, 3.63) is 90.1 Å². The molecule has 2 aromatic carbocycles. The SMILES string of the molecule is O=C(NC(c1ccccc1)c1ccco1)N1CCCN(S(=O)(=O)c2ccc(F)cc2)CC1. The minimum Gasteiger partial charge on any atom is -0.467 e. The standard InChI is InChI=1S/C23H24FN3O4S/c24-19-9-11-20(12-10-19)32(29,30)27-14-5-13-26(15-16-27)23(28)25-22(21-8-4-17-31-21)18-6-2-1-3-7-18/h1-4,6-12,17,22H,5,13-16H2,(H,25,28). The van der Waals surface area contributed by atoms with Crippen molar-refractivity contribution in [1.29, 1.82) is 0 Å². The molecule has 0 aliphatic carbocycles. The van der Waals surface area contributed by atoms with Crippen molar-refractivity contribution in [2.45, 2.75) is 17.4 Å². The first-order valence-corrected chi connectivity index (χ1v) is 11.8. The molecule has 0 saturated carbocycles. The van der Waals surface area contributed by atoms with Crippen LogP contribution in [0, 0.1) is 5.82 Å². The molecule has 1 atom stereocenters. The minimum atomic E-state index is -3.76. The average molecular weight is 458 g/mol. The largest absolute Gasteiger partial charge is 0.467 e. The summed E-state index contributed by atoms with van der Waals surface area (Å²) in [6.45, 7) is 1.10. The second-order valence-electron chi connectivity index (χ2n) is 7.51. The van der Waals surface area contributed by atoms with E-state index in [1.54, 1.807) is 23.3 Å². The highest BCUT2D eigenvalue weighted by atomic mass is 32.2. The van der Waals surface area contributed by atoms with Gasteiger partial charge >= 0.3 is 6.03 Å².